The number of likely N-dealkylation sites (N-methyl/N-ethyl adjacent to an activating group) is 1. The molecule has 0 aliphatic rings. The van der Waals surface area contributed by atoms with Gasteiger partial charge in [0.05, 0.1) is 12.6 Å². The maximum absolute atomic E-state index is 11.2. The van der Waals surface area contributed by atoms with Crippen LogP contribution < -0.4 is 10.6 Å². The fraction of sp³-hybridized carbons (Fsp3) is 0.625. The van der Waals surface area contributed by atoms with Gasteiger partial charge in [-0.1, -0.05) is 0 Å². The van der Waals surface area contributed by atoms with Crippen LogP contribution >= 0.6 is 0 Å². The summed E-state index contributed by atoms with van der Waals surface area (Å²) in [6.45, 7) is 2.89. The van der Waals surface area contributed by atoms with Gasteiger partial charge < -0.3 is 10.6 Å². The molecule has 0 unspecified atom stereocenters. The number of carbonyl (C=O) groups excluding carboxylic acids is 2. The smallest absolute Gasteiger partial charge is 0.240 e. The zero-order valence-corrected chi connectivity index (χ0v) is 7.97. The van der Waals surface area contributed by atoms with Gasteiger partial charge in [-0.15, -0.1) is 0 Å². The monoisotopic (exact) mass is 183 g/mol. The maximum atomic E-state index is 11.2. The lowest BCUT2D eigenvalue weighted by atomic mass is 9.95. The molecule has 13 heavy (non-hydrogen) atoms. The van der Waals surface area contributed by atoms with Gasteiger partial charge in [0.2, 0.25) is 11.8 Å². The van der Waals surface area contributed by atoms with Crippen molar-refractivity contribution in [3.05, 3.63) is 0 Å². The van der Waals surface area contributed by atoms with Crippen molar-refractivity contribution in [2.75, 3.05) is 13.6 Å². The number of rotatable bonds is 3. The van der Waals surface area contributed by atoms with Gasteiger partial charge in [0, 0.05) is 7.05 Å². The lowest BCUT2D eigenvalue weighted by molar-refractivity contribution is -0.129. The quantitative estimate of drug-likeness (QED) is 0.612. The molecule has 0 bridgehead atoms. The summed E-state index contributed by atoms with van der Waals surface area (Å²) in [4.78, 5) is 21.9. The molecule has 0 atom stereocenters. The normalized spacial score (nSPS) is 10.0. The Morgan fingerprint density at radius 2 is 2.00 bits per heavy atom. The van der Waals surface area contributed by atoms with Crippen LogP contribution in [0.4, 0.5) is 0 Å². The zero-order valence-electron chi connectivity index (χ0n) is 7.97. The van der Waals surface area contributed by atoms with E-state index < -0.39 is 11.3 Å². The molecule has 0 aliphatic heterocycles. The third kappa shape index (κ3) is 3.56. The van der Waals surface area contributed by atoms with E-state index in [0.717, 1.165) is 0 Å². The van der Waals surface area contributed by atoms with Crippen LogP contribution in [0.3, 0.4) is 0 Å². The lowest BCUT2D eigenvalue weighted by Crippen LogP contribution is -2.41. The highest BCUT2D eigenvalue weighted by Crippen LogP contribution is 2.11. The Bertz CT molecular complexity index is 253. The third-order valence-electron chi connectivity index (χ3n) is 1.54. The van der Waals surface area contributed by atoms with E-state index in [1.165, 1.54) is 20.9 Å². The molecule has 2 N–H and O–H groups in total. The highest BCUT2D eigenvalue weighted by atomic mass is 16.2. The molecule has 0 radical (unpaired) electrons. The average molecular weight is 183 g/mol. The van der Waals surface area contributed by atoms with E-state index in [1.54, 1.807) is 0 Å². The minimum Gasteiger partial charge on any atom is -0.358 e. The Hall–Kier alpha value is -1.57. The zero-order chi connectivity index (χ0) is 10.5. The molecule has 0 saturated carbocycles. The first-order valence-corrected chi connectivity index (χ1v) is 3.84. The van der Waals surface area contributed by atoms with Crippen LogP contribution in [0, 0.1) is 16.7 Å². The van der Waals surface area contributed by atoms with Gasteiger partial charge in [0.1, 0.15) is 5.41 Å². The van der Waals surface area contributed by atoms with Crippen molar-refractivity contribution >= 4 is 11.8 Å². The predicted octanol–water partition coefficient (Wildman–Crippen LogP) is -0.602. The van der Waals surface area contributed by atoms with Crippen LogP contribution in [0.15, 0.2) is 0 Å². The fourth-order valence-electron chi connectivity index (χ4n) is 0.521. The first-order valence-electron chi connectivity index (χ1n) is 3.84. The second kappa shape index (κ2) is 4.45. The molecular weight excluding hydrogens is 170 g/mol. The van der Waals surface area contributed by atoms with E-state index >= 15 is 0 Å². The molecule has 5 nitrogen and oxygen atoms in total. The molecule has 0 spiro atoms. The van der Waals surface area contributed by atoms with E-state index in [4.69, 9.17) is 5.26 Å². The number of carbonyl (C=O) groups is 2. The molecule has 2 amide bonds. The summed E-state index contributed by atoms with van der Waals surface area (Å²) < 4.78 is 0. The molecule has 0 saturated heterocycles. The Kier molecular flexibility index (Phi) is 3.92. The van der Waals surface area contributed by atoms with Crippen LogP contribution in [0.2, 0.25) is 0 Å². The Labute approximate surface area is 77.1 Å². The third-order valence-corrected chi connectivity index (χ3v) is 1.54. The summed E-state index contributed by atoms with van der Waals surface area (Å²) in [6.07, 6.45) is 0. The van der Waals surface area contributed by atoms with E-state index in [-0.39, 0.29) is 12.5 Å². The van der Waals surface area contributed by atoms with Crippen LogP contribution in [0.25, 0.3) is 0 Å². The van der Waals surface area contributed by atoms with Crippen molar-refractivity contribution in [2.45, 2.75) is 13.8 Å². The molecule has 0 aliphatic carbocycles. The van der Waals surface area contributed by atoms with Gasteiger partial charge in [-0.25, -0.2) is 0 Å². The second-order valence-electron chi connectivity index (χ2n) is 3.09. The SMILES string of the molecule is CNC(=O)CNC(=O)C(C)(C)C#N. The topological polar surface area (TPSA) is 82.0 Å². The van der Waals surface area contributed by atoms with E-state index in [9.17, 15) is 9.59 Å². The molecule has 0 rings (SSSR count). The molecule has 5 heteroatoms. The molecule has 0 aromatic heterocycles. The Morgan fingerprint density at radius 1 is 1.46 bits per heavy atom. The number of hydrogen-bond acceptors (Lipinski definition) is 3. The first-order chi connectivity index (χ1) is 5.94. The van der Waals surface area contributed by atoms with Gasteiger partial charge in [-0.05, 0) is 13.8 Å². The minimum absolute atomic E-state index is 0.0968. The van der Waals surface area contributed by atoms with Gasteiger partial charge in [-0.3, -0.25) is 9.59 Å². The summed E-state index contributed by atoms with van der Waals surface area (Å²) in [5.41, 5.74) is -1.09. The van der Waals surface area contributed by atoms with Crippen molar-refractivity contribution in [3.63, 3.8) is 0 Å². The highest BCUT2D eigenvalue weighted by molar-refractivity contribution is 5.88. The summed E-state index contributed by atoms with van der Waals surface area (Å²) >= 11 is 0. The highest BCUT2D eigenvalue weighted by Gasteiger charge is 2.26. The summed E-state index contributed by atoms with van der Waals surface area (Å²) in [6, 6.07) is 1.84. The summed E-state index contributed by atoms with van der Waals surface area (Å²) in [5, 5.41) is 13.3. The number of nitrogens with zero attached hydrogens (tertiary/aromatic N) is 1. The van der Waals surface area contributed by atoms with E-state index in [1.807, 2.05) is 6.07 Å². The molecule has 0 aromatic rings. The van der Waals surface area contributed by atoms with Crippen molar-refractivity contribution in [1.29, 1.82) is 5.26 Å². The first kappa shape index (κ1) is 11.4. The van der Waals surface area contributed by atoms with Crippen molar-refractivity contribution < 1.29 is 9.59 Å². The second-order valence-corrected chi connectivity index (χ2v) is 3.09. The Balaban J connectivity index is 4.04. The van der Waals surface area contributed by atoms with Crippen LogP contribution in [0.1, 0.15) is 13.8 Å². The minimum atomic E-state index is -1.09. The molecule has 0 fully saturated rings. The van der Waals surface area contributed by atoms with Gasteiger partial charge in [-0.2, -0.15) is 5.26 Å². The number of hydrogen-bond donors (Lipinski definition) is 2. The largest absolute Gasteiger partial charge is 0.358 e. The molecule has 0 heterocycles. The Morgan fingerprint density at radius 3 is 2.38 bits per heavy atom. The average Bonchev–Trinajstić information content (AvgIpc) is 2.13. The van der Waals surface area contributed by atoms with Gasteiger partial charge in [0.25, 0.3) is 0 Å². The summed E-state index contributed by atoms with van der Waals surface area (Å²) in [5.74, 6) is -0.735. The van der Waals surface area contributed by atoms with Crippen molar-refractivity contribution in [3.8, 4) is 6.07 Å². The van der Waals surface area contributed by atoms with Crippen LogP contribution in [-0.2, 0) is 9.59 Å². The lowest BCUT2D eigenvalue weighted by Gasteiger charge is -2.13. The number of amides is 2. The van der Waals surface area contributed by atoms with Crippen LogP contribution in [0.5, 0.6) is 0 Å². The standard InChI is InChI=1S/C8H13N3O2/c1-8(2,5-9)7(13)11-4-6(12)10-3/h4H2,1-3H3,(H,10,12)(H,11,13). The number of nitriles is 1. The predicted molar refractivity (Wildman–Crippen MR) is 46.5 cm³/mol. The van der Waals surface area contributed by atoms with E-state index in [2.05, 4.69) is 10.6 Å². The fourth-order valence-corrected chi connectivity index (χ4v) is 0.521. The van der Waals surface area contributed by atoms with Gasteiger partial charge >= 0.3 is 0 Å². The van der Waals surface area contributed by atoms with E-state index in [0.29, 0.717) is 0 Å². The maximum Gasteiger partial charge on any atom is 0.240 e. The van der Waals surface area contributed by atoms with Crippen molar-refractivity contribution in [2.24, 2.45) is 5.41 Å². The molecule has 72 valence electrons. The van der Waals surface area contributed by atoms with Crippen LogP contribution in [-0.4, -0.2) is 25.4 Å². The molecule has 0 aromatic carbocycles. The van der Waals surface area contributed by atoms with Gasteiger partial charge in [0.15, 0.2) is 0 Å². The molecular formula is C8H13N3O2. The number of nitrogens with one attached hydrogen (secondary N) is 2. The summed E-state index contributed by atoms with van der Waals surface area (Å²) in [7, 11) is 1.48. The van der Waals surface area contributed by atoms with Crippen molar-refractivity contribution in [1.82, 2.24) is 10.6 Å².